The fourth-order valence-corrected chi connectivity index (χ4v) is 5.18. The summed E-state index contributed by atoms with van der Waals surface area (Å²) >= 11 is 1.69. The Kier molecular flexibility index (Phi) is 5.37. The predicted molar refractivity (Wildman–Crippen MR) is 119 cm³/mol. The van der Waals surface area contributed by atoms with E-state index >= 15 is 0 Å². The monoisotopic (exact) mass is 406 g/mol. The van der Waals surface area contributed by atoms with Gasteiger partial charge in [0.15, 0.2) is 5.92 Å². The van der Waals surface area contributed by atoms with E-state index < -0.39 is 5.92 Å². The Balaban J connectivity index is 1.73. The molecule has 3 amide bonds. The number of rotatable bonds is 5. The number of hydrogen-bond acceptors (Lipinski definition) is 4. The summed E-state index contributed by atoms with van der Waals surface area (Å²) in [6, 6.07) is 14.3. The lowest BCUT2D eigenvalue weighted by Gasteiger charge is -2.28. The van der Waals surface area contributed by atoms with Crippen molar-refractivity contribution in [2.45, 2.75) is 25.5 Å². The molecule has 2 aromatic rings. The van der Waals surface area contributed by atoms with Gasteiger partial charge in [0, 0.05) is 10.7 Å². The van der Waals surface area contributed by atoms with E-state index in [1.54, 1.807) is 25.9 Å². The maximum atomic E-state index is 13.0. The Labute approximate surface area is 174 Å². The van der Waals surface area contributed by atoms with Gasteiger partial charge in [-0.15, -0.1) is 16.8 Å². The number of amidine groups is 1. The van der Waals surface area contributed by atoms with E-state index in [1.165, 1.54) is 25.8 Å². The van der Waals surface area contributed by atoms with Crippen LogP contribution in [0.1, 0.15) is 25.3 Å². The normalized spacial score (nSPS) is 19.4. The quantitative estimate of drug-likeness (QED) is 0.689. The molecule has 148 valence electrons. The summed E-state index contributed by atoms with van der Waals surface area (Å²) in [4.78, 5) is 32.1. The lowest BCUT2D eigenvalue weighted by molar-refractivity contribution is -0.407. The minimum absolute atomic E-state index is 0.200. The molecule has 0 saturated carbocycles. The Bertz CT molecular complexity index is 1090. The van der Waals surface area contributed by atoms with Crippen LogP contribution in [0.3, 0.4) is 0 Å². The topological polar surface area (TPSA) is 52.8 Å². The number of carbonyl (C=O) groups excluding carboxylic acids is 2. The summed E-state index contributed by atoms with van der Waals surface area (Å²) in [5, 5.41) is 2.44. The molecule has 2 aromatic carbocycles. The third-order valence-electron chi connectivity index (χ3n) is 5.47. The number of urea groups is 1. The molecule has 0 fully saturated rings. The van der Waals surface area contributed by atoms with Gasteiger partial charge in [0.2, 0.25) is 0 Å². The Morgan fingerprint density at radius 3 is 2.69 bits per heavy atom. The highest BCUT2D eigenvalue weighted by molar-refractivity contribution is 8.02. The van der Waals surface area contributed by atoms with Gasteiger partial charge >= 0.3 is 11.9 Å². The largest absolute Gasteiger partial charge is 0.445 e. The minimum Gasteiger partial charge on any atom is -0.255 e. The highest BCUT2D eigenvalue weighted by Crippen LogP contribution is 2.38. The molecule has 0 radical (unpaired) electrons. The molecule has 2 aliphatic rings. The average molecular weight is 407 g/mol. The summed E-state index contributed by atoms with van der Waals surface area (Å²) < 4.78 is 1.49. The second kappa shape index (κ2) is 7.95. The minimum atomic E-state index is -0.505. The van der Waals surface area contributed by atoms with Crippen molar-refractivity contribution in [3.63, 3.8) is 0 Å². The van der Waals surface area contributed by atoms with Gasteiger partial charge in [0.25, 0.3) is 5.84 Å². The van der Waals surface area contributed by atoms with Crippen LogP contribution < -0.4 is 0 Å². The van der Waals surface area contributed by atoms with Crippen LogP contribution in [0.4, 0.5) is 4.79 Å². The standard InChI is InChI=1S/C23H24N3O2S/c1-4-8-16-13-24-21-19(22(27)26(3)23(28)25(21)2)20(16)29-14-17-11-7-10-15-9-5-6-12-18(15)17/h5-7,9-13,19H,4,8,14H2,1-3H3/q+1. The van der Waals surface area contributed by atoms with Gasteiger partial charge in [-0.2, -0.15) is 9.48 Å². The number of carbonyl (C=O) groups is 2. The number of imide groups is 1. The van der Waals surface area contributed by atoms with Crippen molar-refractivity contribution in [3.8, 4) is 0 Å². The van der Waals surface area contributed by atoms with Crippen molar-refractivity contribution in [3.05, 3.63) is 58.5 Å². The van der Waals surface area contributed by atoms with Gasteiger partial charge in [-0.25, -0.2) is 4.79 Å². The number of allylic oxidation sites excluding steroid dienone is 1. The van der Waals surface area contributed by atoms with Crippen molar-refractivity contribution >= 4 is 46.5 Å². The van der Waals surface area contributed by atoms with Crippen LogP contribution in [0.15, 0.2) is 57.9 Å². The Morgan fingerprint density at radius 1 is 1.14 bits per heavy atom. The molecule has 2 heterocycles. The SMILES string of the molecule is CCCC1=C(SCc2cccc3ccccc23)C2C(=O)N(C)C(=O)[N+](C)=C2N=C1. The molecule has 6 heteroatoms. The fraction of sp³-hybridized carbons (Fsp3) is 0.304. The molecule has 0 saturated heterocycles. The first-order valence-corrected chi connectivity index (χ1v) is 10.8. The van der Waals surface area contributed by atoms with E-state index in [0.29, 0.717) is 5.84 Å². The molecule has 0 aromatic heterocycles. The summed E-state index contributed by atoms with van der Waals surface area (Å²) in [5.41, 5.74) is 2.33. The summed E-state index contributed by atoms with van der Waals surface area (Å²) in [6.45, 7) is 2.12. The molecule has 0 spiro atoms. The zero-order valence-electron chi connectivity index (χ0n) is 16.9. The van der Waals surface area contributed by atoms with Crippen molar-refractivity contribution in [1.82, 2.24) is 4.90 Å². The van der Waals surface area contributed by atoms with Gasteiger partial charge in [0.1, 0.15) is 6.21 Å². The van der Waals surface area contributed by atoms with Gasteiger partial charge < -0.3 is 0 Å². The second-order valence-corrected chi connectivity index (χ2v) is 8.37. The highest BCUT2D eigenvalue weighted by Gasteiger charge is 2.48. The number of fused-ring (bicyclic) bond motifs is 2. The number of amides is 3. The first-order valence-electron chi connectivity index (χ1n) is 9.81. The maximum absolute atomic E-state index is 13.0. The van der Waals surface area contributed by atoms with E-state index in [9.17, 15) is 9.59 Å². The summed E-state index contributed by atoms with van der Waals surface area (Å²) in [6.07, 6.45) is 3.67. The zero-order chi connectivity index (χ0) is 20.5. The molecule has 0 bridgehead atoms. The molecular formula is C23H24N3O2S+. The van der Waals surface area contributed by atoms with E-state index in [2.05, 4.69) is 48.3 Å². The summed E-state index contributed by atoms with van der Waals surface area (Å²) in [5.74, 6) is 0.581. The molecule has 4 rings (SSSR count). The molecule has 1 atom stereocenters. The molecule has 1 unspecified atom stereocenters. The van der Waals surface area contributed by atoms with Crippen LogP contribution in [0.25, 0.3) is 10.8 Å². The number of thioether (sulfide) groups is 1. The average Bonchev–Trinajstić information content (AvgIpc) is 2.75. The first-order chi connectivity index (χ1) is 14.0. The van der Waals surface area contributed by atoms with Gasteiger partial charge in [-0.05, 0) is 28.3 Å². The van der Waals surface area contributed by atoms with Crippen molar-refractivity contribution in [2.24, 2.45) is 10.9 Å². The lowest BCUT2D eigenvalue weighted by Crippen LogP contribution is -2.52. The van der Waals surface area contributed by atoms with Crippen molar-refractivity contribution in [1.29, 1.82) is 0 Å². The van der Waals surface area contributed by atoms with Gasteiger partial charge in [-0.1, -0.05) is 55.8 Å². The third kappa shape index (κ3) is 3.42. The van der Waals surface area contributed by atoms with E-state index in [0.717, 1.165) is 29.1 Å². The number of dihydropyridines is 1. The number of hydrogen-bond donors (Lipinski definition) is 0. The third-order valence-corrected chi connectivity index (χ3v) is 6.73. The van der Waals surface area contributed by atoms with Crippen LogP contribution in [-0.2, 0) is 10.5 Å². The smallest absolute Gasteiger partial charge is 0.255 e. The fourth-order valence-electron chi connectivity index (χ4n) is 3.91. The van der Waals surface area contributed by atoms with E-state index in [-0.39, 0.29) is 11.9 Å². The maximum Gasteiger partial charge on any atom is 0.445 e. The van der Waals surface area contributed by atoms with E-state index in [4.69, 9.17) is 0 Å². The predicted octanol–water partition coefficient (Wildman–Crippen LogP) is 4.46. The Morgan fingerprint density at radius 2 is 1.90 bits per heavy atom. The van der Waals surface area contributed by atoms with Crippen molar-refractivity contribution < 1.29 is 14.2 Å². The first kappa shape index (κ1) is 19.6. The second-order valence-electron chi connectivity index (χ2n) is 7.35. The number of benzene rings is 2. The highest BCUT2D eigenvalue weighted by atomic mass is 32.2. The number of aliphatic imine (C=N–C) groups is 1. The van der Waals surface area contributed by atoms with Crippen LogP contribution in [-0.4, -0.2) is 47.6 Å². The molecule has 0 N–H and O–H groups in total. The van der Waals surface area contributed by atoms with Gasteiger partial charge in [0.05, 0.1) is 14.1 Å². The lowest BCUT2D eigenvalue weighted by atomic mass is 9.96. The van der Waals surface area contributed by atoms with Gasteiger partial charge in [-0.3, -0.25) is 4.79 Å². The van der Waals surface area contributed by atoms with E-state index in [1.807, 2.05) is 12.3 Å². The van der Waals surface area contributed by atoms with Crippen LogP contribution in [0, 0.1) is 5.92 Å². The molecule has 29 heavy (non-hydrogen) atoms. The Hall–Kier alpha value is -2.73. The zero-order valence-corrected chi connectivity index (χ0v) is 17.7. The number of nitrogens with zero attached hydrogens (tertiary/aromatic N) is 3. The molecule has 2 aliphatic heterocycles. The van der Waals surface area contributed by atoms with Crippen LogP contribution in [0.2, 0.25) is 0 Å². The van der Waals surface area contributed by atoms with Crippen LogP contribution >= 0.6 is 11.8 Å². The molecule has 0 aliphatic carbocycles. The van der Waals surface area contributed by atoms with Crippen LogP contribution in [0.5, 0.6) is 0 Å². The van der Waals surface area contributed by atoms with Crippen molar-refractivity contribution in [2.75, 3.05) is 14.1 Å². The summed E-state index contributed by atoms with van der Waals surface area (Å²) in [7, 11) is 3.23. The molecule has 5 nitrogen and oxygen atoms in total. The molecular weight excluding hydrogens is 382 g/mol.